The number of hydrogen-bond acceptors (Lipinski definition) is 8. The summed E-state index contributed by atoms with van der Waals surface area (Å²) in [5.41, 5.74) is 2.02. The maximum absolute atomic E-state index is 13.5. The standard InChI is InChI=1S/C32H36O8P2/c1-7-37-41(35,38-8-2)25-13-17-29-23(19-25)11-15-27(21(5)33)31(29)32-28(22(6)34)16-12-24-20-26(14-18-30(24)32)42(36,39-9-3)40-10-4/h11-20H,7-10H2,1-6H3. The summed E-state index contributed by atoms with van der Waals surface area (Å²) < 4.78 is 49.3. The van der Waals surface area contributed by atoms with Gasteiger partial charge in [0.2, 0.25) is 0 Å². The Kier molecular flexibility index (Phi) is 9.99. The van der Waals surface area contributed by atoms with Gasteiger partial charge in [0.25, 0.3) is 0 Å². The Bertz CT molecular complexity index is 1610. The maximum atomic E-state index is 13.5. The van der Waals surface area contributed by atoms with Crippen LogP contribution in [-0.2, 0) is 27.2 Å². The Morgan fingerprint density at radius 1 is 0.548 bits per heavy atom. The third-order valence-corrected chi connectivity index (χ3v) is 11.1. The zero-order chi connectivity index (χ0) is 30.7. The average Bonchev–Trinajstić information content (AvgIpc) is 2.95. The van der Waals surface area contributed by atoms with Crippen molar-refractivity contribution in [3.05, 3.63) is 71.8 Å². The highest BCUT2D eigenvalue weighted by Crippen LogP contribution is 2.49. The van der Waals surface area contributed by atoms with Gasteiger partial charge in [0, 0.05) is 22.3 Å². The van der Waals surface area contributed by atoms with Crippen molar-refractivity contribution >= 4 is 58.9 Å². The van der Waals surface area contributed by atoms with Crippen molar-refractivity contribution in [3.8, 4) is 11.1 Å². The first-order valence-corrected chi connectivity index (χ1v) is 17.1. The van der Waals surface area contributed by atoms with Crippen LogP contribution in [0.4, 0.5) is 0 Å². The Balaban J connectivity index is 2.07. The Morgan fingerprint density at radius 3 is 1.17 bits per heavy atom. The number of ketones is 2. The van der Waals surface area contributed by atoms with Crippen LogP contribution in [0.25, 0.3) is 32.7 Å². The summed E-state index contributed by atoms with van der Waals surface area (Å²) >= 11 is 0. The SMILES string of the molecule is CCOP(=O)(OCC)c1ccc2c(-c3c(C(C)=O)ccc4cc(P(=O)(OCC)OCC)ccc34)c(C(C)=O)ccc2c1. The van der Waals surface area contributed by atoms with E-state index in [9.17, 15) is 18.7 Å². The van der Waals surface area contributed by atoms with Crippen LogP contribution in [0.1, 0.15) is 62.3 Å². The van der Waals surface area contributed by atoms with Crippen molar-refractivity contribution in [2.45, 2.75) is 41.5 Å². The van der Waals surface area contributed by atoms with Crippen LogP contribution in [-0.4, -0.2) is 38.0 Å². The summed E-state index contributed by atoms with van der Waals surface area (Å²) in [5, 5.41) is 3.59. The van der Waals surface area contributed by atoms with Gasteiger partial charge in [-0.1, -0.05) is 36.4 Å². The highest BCUT2D eigenvalue weighted by atomic mass is 31.2. The fourth-order valence-corrected chi connectivity index (χ4v) is 8.37. The molecule has 10 heteroatoms. The molecule has 0 spiro atoms. The number of Topliss-reactive ketones (excluding diaryl/α,β-unsaturated/α-hetero) is 2. The van der Waals surface area contributed by atoms with Crippen LogP contribution in [0.5, 0.6) is 0 Å². The van der Waals surface area contributed by atoms with Gasteiger partial charge >= 0.3 is 15.2 Å². The van der Waals surface area contributed by atoms with Crippen LogP contribution < -0.4 is 10.6 Å². The fourth-order valence-electron chi connectivity index (χ4n) is 5.15. The quantitative estimate of drug-likeness (QED) is 0.111. The zero-order valence-corrected chi connectivity index (χ0v) is 26.6. The first kappa shape index (κ1) is 32.0. The maximum Gasteiger partial charge on any atom is 0.361 e. The van der Waals surface area contributed by atoms with E-state index in [0.29, 0.717) is 54.4 Å². The van der Waals surface area contributed by atoms with E-state index in [1.165, 1.54) is 13.8 Å². The predicted octanol–water partition coefficient (Wildman–Crippen LogP) is 7.85. The van der Waals surface area contributed by atoms with E-state index in [1.54, 1.807) is 88.4 Å². The number of hydrogen-bond donors (Lipinski definition) is 0. The van der Waals surface area contributed by atoms with Gasteiger partial charge in [0.05, 0.1) is 37.0 Å². The molecule has 4 aromatic rings. The monoisotopic (exact) mass is 610 g/mol. The average molecular weight is 611 g/mol. The van der Waals surface area contributed by atoms with Crippen LogP contribution in [0.3, 0.4) is 0 Å². The van der Waals surface area contributed by atoms with Crippen molar-refractivity contribution < 1.29 is 36.8 Å². The lowest BCUT2D eigenvalue weighted by Crippen LogP contribution is -2.12. The summed E-state index contributed by atoms with van der Waals surface area (Å²) in [5.74, 6) is -0.351. The molecule has 0 saturated carbocycles. The molecule has 0 unspecified atom stereocenters. The minimum atomic E-state index is -3.56. The van der Waals surface area contributed by atoms with Gasteiger partial charge in [-0.2, -0.15) is 0 Å². The van der Waals surface area contributed by atoms with Crippen LogP contribution in [0, 0.1) is 0 Å². The minimum Gasteiger partial charge on any atom is -0.305 e. The molecule has 0 aliphatic heterocycles. The molecule has 0 bridgehead atoms. The predicted molar refractivity (Wildman–Crippen MR) is 168 cm³/mol. The Hall–Kier alpha value is -2.96. The first-order chi connectivity index (χ1) is 20.0. The van der Waals surface area contributed by atoms with E-state index in [0.717, 1.165) is 0 Å². The molecule has 0 N–H and O–H groups in total. The highest BCUT2D eigenvalue weighted by molar-refractivity contribution is 7.62. The van der Waals surface area contributed by atoms with Crippen molar-refractivity contribution in [2.24, 2.45) is 0 Å². The van der Waals surface area contributed by atoms with Crippen LogP contribution >= 0.6 is 15.2 Å². The molecule has 0 atom stereocenters. The van der Waals surface area contributed by atoms with E-state index in [1.807, 2.05) is 0 Å². The van der Waals surface area contributed by atoms with E-state index in [2.05, 4.69) is 0 Å². The fraction of sp³-hybridized carbons (Fsp3) is 0.312. The molecule has 4 rings (SSSR count). The van der Waals surface area contributed by atoms with Crippen molar-refractivity contribution in [1.29, 1.82) is 0 Å². The molecule has 8 nitrogen and oxygen atoms in total. The van der Waals surface area contributed by atoms with E-state index < -0.39 is 15.2 Å². The van der Waals surface area contributed by atoms with Crippen molar-refractivity contribution in [3.63, 3.8) is 0 Å². The van der Waals surface area contributed by atoms with Gasteiger partial charge in [-0.15, -0.1) is 0 Å². The number of carbonyl (C=O) groups excluding carboxylic acids is 2. The Morgan fingerprint density at radius 2 is 0.881 bits per heavy atom. The van der Waals surface area contributed by atoms with Crippen molar-refractivity contribution in [1.82, 2.24) is 0 Å². The van der Waals surface area contributed by atoms with Gasteiger partial charge in [-0.05, 0) is 87.4 Å². The lowest BCUT2D eigenvalue weighted by atomic mass is 9.85. The van der Waals surface area contributed by atoms with Gasteiger partial charge in [-0.3, -0.25) is 18.7 Å². The van der Waals surface area contributed by atoms with E-state index in [-0.39, 0.29) is 38.0 Å². The first-order valence-electron chi connectivity index (χ1n) is 14.0. The molecule has 0 radical (unpaired) electrons. The Labute approximate surface area is 246 Å². The second-order valence-corrected chi connectivity index (χ2v) is 13.6. The number of rotatable bonds is 13. The van der Waals surface area contributed by atoms with Crippen molar-refractivity contribution in [2.75, 3.05) is 26.4 Å². The van der Waals surface area contributed by atoms with Crippen LogP contribution in [0.15, 0.2) is 60.7 Å². The van der Waals surface area contributed by atoms with E-state index in [4.69, 9.17) is 18.1 Å². The summed E-state index contributed by atoms with van der Waals surface area (Å²) in [6.45, 7) is 10.8. The summed E-state index contributed by atoms with van der Waals surface area (Å²) in [6, 6.07) is 17.4. The number of carbonyl (C=O) groups is 2. The van der Waals surface area contributed by atoms with Gasteiger partial charge in [0.1, 0.15) is 0 Å². The second-order valence-electron chi connectivity index (χ2n) is 9.57. The molecule has 0 heterocycles. The minimum absolute atomic E-state index is 0.175. The molecular weight excluding hydrogens is 574 g/mol. The molecule has 4 aromatic carbocycles. The summed E-state index contributed by atoms with van der Waals surface area (Å²) in [7, 11) is -7.13. The molecule has 0 aliphatic carbocycles. The summed E-state index contributed by atoms with van der Waals surface area (Å²) in [6.07, 6.45) is 0. The third kappa shape index (κ3) is 6.07. The second kappa shape index (κ2) is 13.1. The molecule has 0 aliphatic rings. The molecule has 0 aromatic heterocycles. The number of benzene rings is 4. The lowest BCUT2D eigenvalue weighted by molar-refractivity contribution is 0.100. The lowest BCUT2D eigenvalue weighted by Gasteiger charge is -2.21. The third-order valence-electron chi connectivity index (χ3n) is 6.84. The van der Waals surface area contributed by atoms with Crippen LogP contribution in [0.2, 0.25) is 0 Å². The topological polar surface area (TPSA) is 105 Å². The molecular formula is C32H36O8P2. The largest absolute Gasteiger partial charge is 0.361 e. The van der Waals surface area contributed by atoms with Gasteiger partial charge < -0.3 is 18.1 Å². The molecule has 42 heavy (non-hydrogen) atoms. The molecule has 0 fully saturated rings. The summed E-state index contributed by atoms with van der Waals surface area (Å²) in [4.78, 5) is 26.0. The highest BCUT2D eigenvalue weighted by Gasteiger charge is 2.30. The zero-order valence-electron chi connectivity index (χ0n) is 24.8. The van der Waals surface area contributed by atoms with Gasteiger partial charge in [0.15, 0.2) is 11.6 Å². The smallest absolute Gasteiger partial charge is 0.305 e. The molecule has 222 valence electrons. The number of fused-ring (bicyclic) bond motifs is 2. The normalized spacial score (nSPS) is 12.2. The van der Waals surface area contributed by atoms with Gasteiger partial charge in [-0.25, -0.2) is 0 Å². The molecule has 0 saturated heterocycles. The molecule has 0 amide bonds. The van der Waals surface area contributed by atoms with E-state index >= 15 is 0 Å².